The molecule has 5 heteroatoms. The van der Waals surface area contributed by atoms with Gasteiger partial charge >= 0.3 is 0 Å². The van der Waals surface area contributed by atoms with Crippen molar-refractivity contribution in [2.75, 3.05) is 0 Å². The molecule has 2 N–H and O–H groups in total. The predicted molar refractivity (Wildman–Crippen MR) is 79.3 cm³/mol. The molecule has 0 aliphatic heterocycles. The Morgan fingerprint density at radius 1 is 0.955 bits per heavy atom. The molecule has 22 heavy (non-hydrogen) atoms. The number of hydrazine groups is 1. The van der Waals surface area contributed by atoms with Gasteiger partial charge in [0.15, 0.2) is 0 Å². The lowest BCUT2D eigenvalue weighted by Crippen LogP contribution is -2.42. The molecule has 1 fully saturated rings. The van der Waals surface area contributed by atoms with Gasteiger partial charge in [-0.05, 0) is 30.0 Å². The molecular formula is C17H15FN2O2. The molecule has 1 saturated carbocycles. The topological polar surface area (TPSA) is 58.2 Å². The number of halogens is 1. The van der Waals surface area contributed by atoms with Crippen molar-refractivity contribution >= 4 is 11.8 Å². The van der Waals surface area contributed by atoms with Crippen molar-refractivity contribution in [2.24, 2.45) is 5.92 Å². The minimum Gasteiger partial charge on any atom is -0.273 e. The van der Waals surface area contributed by atoms with Crippen molar-refractivity contribution in [1.82, 2.24) is 10.9 Å². The Balaban J connectivity index is 1.54. The van der Waals surface area contributed by atoms with Crippen molar-refractivity contribution in [2.45, 2.75) is 12.3 Å². The average Bonchev–Trinajstić information content (AvgIpc) is 3.34. The molecule has 0 spiro atoms. The Labute approximate surface area is 127 Å². The third kappa shape index (κ3) is 2.98. The van der Waals surface area contributed by atoms with Gasteiger partial charge in [0, 0.05) is 5.92 Å². The van der Waals surface area contributed by atoms with Crippen LogP contribution in [0.3, 0.4) is 0 Å². The normalized spacial score (nSPS) is 19.3. The summed E-state index contributed by atoms with van der Waals surface area (Å²) in [5, 5.41) is 0. The molecule has 3 rings (SSSR count). The zero-order valence-corrected chi connectivity index (χ0v) is 11.8. The van der Waals surface area contributed by atoms with Crippen molar-refractivity contribution < 1.29 is 14.0 Å². The zero-order chi connectivity index (χ0) is 15.5. The van der Waals surface area contributed by atoms with E-state index < -0.39 is 11.7 Å². The minimum atomic E-state index is -0.664. The van der Waals surface area contributed by atoms with E-state index in [2.05, 4.69) is 10.9 Å². The second kappa shape index (κ2) is 5.97. The summed E-state index contributed by atoms with van der Waals surface area (Å²) in [5.41, 5.74) is 5.63. The van der Waals surface area contributed by atoms with Crippen LogP contribution in [-0.4, -0.2) is 11.8 Å². The predicted octanol–water partition coefficient (Wildman–Crippen LogP) is 2.39. The van der Waals surface area contributed by atoms with Crippen LogP contribution in [0, 0.1) is 11.7 Å². The molecule has 0 bridgehead atoms. The molecule has 0 heterocycles. The largest absolute Gasteiger partial charge is 0.273 e. The number of nitrogens with one attached hydrogen (secondary N) is 2. The molecule has 0 saturated heterocycles. The smallest absolute Gasteiger partial charge is 0.272 e. The summed E-state index contributed by atoms with van der Waals surface area (Å²) in [4.78, 5) is 23.8. The third-order valence-corrected chi connectivity index (χ3v) is 3.77. The average molecular weight is 298 g/mol. The van der Waals surface area contributed by atoms with Crippen LogP contribution >= 0.6 is 0 Å². The molecule has 112 valence electrons. The summed E-state index contributed by atoms with van der Waals surface area (Å²) in [6.45, 7) is 0. The second-order valence-electron chi connectivity index (χ2n) is 5.28. The maximum Gasteiger partial charge on any atom is 0.272 e. The highest BCUT2D eigenvalue weighted by Crippen LogP contribution is 2.47. The monoisotopic (exact) mass is 298 g/mol. The maximum absolute atomic E-state index is 13.4. The molecule has 2 aromatic carbocycles. The number of rotatable bonds is 3. The number of carbonyl (C=O) groups is 2. The van der Waals surface area contributed by atoms with Crippen LogP contribution in [-0.2, 0) is 4.79 Å². The Morgan fingerprint density at radius 2 is 1.64 bits per heavy atom. The van der Waals surface area contributed by atoms with Gasteiger partial charge in [0.1, 0.15) is 5.82 Å². The molecule has 1 aliphatic rings. The van der Waals surface area contributed by atoms with Crippen LogP contribution in [0.2, 0.25) is 0 Å². The van der Waals surface area contributed by atoms with Gasteiger partial charge in [0.2, 0.25) is 5.91 Å². The van der Waals surface area contributed by atoms with Gasteiger partial charge < -0.3 is 0 Å². The molecule has 1 aliphatic carbocycles. The number of benzene rings is 2. The Kier molecular flexibility index (Phi) is 3.87. The van der Waals surface area contributed by atoms with Crippen molar-refractivity contribution in [3.05, 3.63) is 71.5 Å². The van der Waals surface area contributed by atoms with Crippen LogP contribution in [0.4, 0.5) is 4.39 Å². The highest BCUT2D eigenvalue weighted by Gasteiger charge is 2.43. The fourth-order valence-electron chi connectivity index (χ4n) is 2.48. The number of carbonyl (C=O) groups excluding carboxylic acids is 2. The van der Waals surface area contributed by atoms with Gasteiger partial charge in [-0.2, -0.15) is 0 Å². The molecule has 2 amide bonds. The summed E-state index contributed by atoms with van der Waals surface area (Å²) in [7, 11) is 0. The molecule has 0 radical (unpaired) electrons. The second-order valence-corrected chi connectivity index (χ2v) is 5.28. The Hall–Kier alpha value is -2.69. The first-order chi connectivity index (χ1) is 10.7. The van der Waals surface area contributed by atoms with Crippen molar-refractivity contribution in [3.8, 4) is 0 Å². The minimum absolute atomic E-state index is 0.0989. The van der Waals surface area contributed by atoms with Gasteiger partial charge in [-0.1, -0.05) is 42.5 Å². The van der Waals surface area contributed by atoms with Gasteiger partial charge in [-0.25, -0.2) is 4.39 Å². The van der Waals surface area contributed by atoms with Gasteiger partial charge in [0.25, 0.3) is 5.91 Å². The molecule has 0 unspecified atom stereocenters. The van der Waals surface area contributed by atoms with E-state index in [1.54, 1.807) is 6.07 Å². The quantitative estimate of drug-likeness (QED) is 0.855. The molecule has 2 aromatic rings. The standard InChI is InChI=1S/C17H15FN2O2/c18-15-9-5-4-8-12(15)16(21)19-20-17(22)14-10-13(14)11-6-2-1-3-7-11/h1-9,13-14H,10H2,(H,19,21)(H,20,22)/t13-,14+/m0/s1. The first-order valence-corrected chi connectivity index (χ1v) is 7.06. The Morgan fingerprint density at radius 3 is 2.36 bits per heavy atom. The summed E-state index contributed by atoms with van der Waals surface area (Å²) < 4.78 is 13.4. The SMILES string of the molecule is O=C(NNC(=O)[C@@H]1C[C@H]1c1ccccc1)c1ccccc1F. The van der Waals surface area contributed by atoms with E-state index in [1.807, 2.05) is 30.3 Å². The summed E-state index contributed by atoms with van der Waals surface area (Å²) in [6.07, 6.45) is 0.755. The lowest BCUT2D eigenvalue weighted by atomic mass is 10.1. The highest BCUT2D eigenvalue weighted by molar-refractivity contribution is 5.96. The fraction of sp³-hybridized carbons (Fsp3) is 0.176. The van der Waals surface area contributed by atoms with Crippen LogP contribution < -0.4 is 10.9 Å². The molecular weight excluding hydrogens is 283 g/mol. The third-order valence-electron chi connectivity index (χ3n) is 3.77. The van der Waals surface area contributed by atoms with Gasteiger partial charge in [-0.15, -0.1) is 0 Å². The highest BCUT2D eigenvalue weighted by atomic mass is 19.1. The molecule has 0 aromatic heterocycles. The fourth-order valence-corrected chi connectivity index (χ4v) is 2.48. The number of hydrogen-bond donors (Lipinski definition) is 2. The van der Waals surface area contributed by atoms with Crippen molar-refractivity contribution in [1.29, 1.82) is 0 Å². The van der Waals surface area contributed by atoms with E-state index in [1.165, 1.54) is 18.2 Å². The van der Waals surface area contributed by atoms with E-state index in [-0.39, 0.29) is 23.3 Å². The van der Waals surface area contributed by atoms with E-state index in [4.69, 9.17) is 0 Å². The van der Waals surface area contributed by atoms with E-state index in [9.17, 15) is 14.0 Å². The maximum atomic E-state index is 13.4. The van der Waals surface area contributed by atoms with Gasteiger partial charge in [-0.3, -0.25) is 20.4 Å². The first-order valence-electron chi connectivity index (χ1n) is 7.06. The van der Waals surface area contributed by atoms with E-state index in [0.29, 0.717) is 0 Å². The van der Waals surface area contributed by atoms with Crippen LogP contribution in [0.5, 0.6) is 0 Å². The summed E-state index contributed by atoms with van der Waals surface area (Å²) in [6, 6.07) is 15.4. The molecule has 2 atom stereocenters. The summed E-state index contributed by atoms with van der Waals surface area (Å²) in [5.74, 6) is -1.50. The van der Waals surface area contributed by atoms with E-state index >= 15 is 0 Å². The first kappa shape index (κ1) is 14.3. The van der Waals surface area contributed by atoms with Crippen molar-refractivity contribution in [3.63, 3.8) is 0 Å². The lowest BCUT2D eigenvalue weighted by Gasteiger charge is -2.08. The van der Waals surface area contributed by atoms with Crippen LogP contribution in [0.1, 0.15) is 28.3 Å². The summed E-state index contributed by atoms with van der Waals surface area (Å²) >= 11 is 0. The van der Waals surface area contributed by atoms with Crippen LogP contribution in [0.25, 0.3) is 0 Å². The Bertz CT molecular complexity index is 703. The number of hydrogen-bond acceptors (Lipinski definition) is 2. The van der Waals surface area contributed by atoms with Gasteiger partial charge in [0.05, 0.1) is 5.56 Å². The molecule has 4 nitrogen and oxygen atoms in total. The zero-order valence-electron chi connectivity index (χ0n) is 11.8. The lowest BCUT2D eigenvalue weighted by molar-refractivity contribution is -0.123. The van der Waals surface area contributed by atoms with Crippen LogP contribution in [0.15, 0.2) is 54.6 Å². The number of amides is 2. The van der Waals surface area contributed by atoms with E-state index in [0.717, 1.165) is 12.0 Å².